The first-order valence-corrected chi connectivity index (χ1v) is 8.26. The van der Waals surface area contributed by atoms with Crippen molar-refractivity contribution < 1.29 is 23.6 Å². The summed E-state index contributed by atoms with van der Waals surface area (Å²) >= 11 is 0. The number of hydroxylamine groups is 2. The third-order valence-electron chi connectivity index (χ3n) is 4.50. The molecule has 1 aromatic rings. The fourth-order valence-electron chi connectivity index (χ4n) is 3.45. The zero-order valence-corrected chi connectivity index (χ0v) is 13.9. The van der Waals surface area contributed by atoms with Gasteiger partial charge in [-0.05, 0) is 24.1 Å². The number of imide groups is 1. The first-order valence-electron chi connectivity index (χ1n) is 8.26. The molecule has 1 aromatic carbocycles. The van der Waals surface area contributed by atoms with Gasteiger partial charge in [-0.25, -0.2) is 4.39 Å². The maximum atomic E-state index is 13.7. The van der Waals surface area contributed by atoms with Crippen LogP contribution in [0.25, 0.3) is 0 Å². The van der Waals surface area contributed by atoms with Gasteiger partial charge in [-0.2, -0.15) is 5.06 Å². The highest BCUT2D eigenvalue weighted by Crippen LogP contribution is 2.44. The zero-order valence-electron chi connectivity index (χ0n) is 13.9. The summed E-state index contributed by atoms with van der Waals surface area (Å²) in [6.45, 7) is 2.32. The topological polar surface area (TPSA) is 92.9 Å². The number of fused-ring (bicyclic) bond motifs is 1. The number of hydrogen-bond acceptors (Lipinski definition) is 5. The Labute approximate surface area is 144 Å². The van der Waals surface area contributed by atoms with E-state index in [1.54, 1.807) is 6.07 Å². The summed E-state index contributed by atoms with van der Waals surface area (Å²) in [4.78, 5) is 43.3. The van der Waals surface area contributed by atoms with Gasteiger partial charge in [-0.15, -0.1) is 0 Å². The lowest BCUT2D eigenvalue weighted by molar-refractivity contribution is -0.180. The number of nitrogens with two attached hydrogens (primary N) is 1. The first-order chi connectivity index (χ1) is 11.9. The highest BCUT2D eigenvalue weighted by molar-refractivity contribution is 6.07. The predicted molar refractivity (Wildman–Crippen MR) is 85.0 cm³/mol. The summed E-state index contributed by atoms with van der Waals surface area (Å²) in [5, 5.41) is 1.41. The quantitative estimate of drug-likeness (QED) is 0.765. The second-order valence-corrected chi connectivity index (χ2v) is 6.24. The number of primary amides is 1. The lowest BCUT2D eigenvalue weighted by Gasteiger charge is -2.26. The van der Waals surface area contributed by atoms with Crippen LogP contribution in [0.1, 0.15) is 31.4 Å². The maximum Gasteiger partial charge on any atom is 0.261 e. The molecule has 2 aliphatic heterocycles. The van der Waals surface area contributed by atoms with Gasteiger partial charge in [0.15, 0.2) is 6.10 Å². The van der Waals surface area contributed by atoms with Gasteiger partial charge in [-0.1, -0.05) is 19.1 Å². The summed E-state index contributed by atoms with van der Waals surface area (Å²) in [7, 11) is 0. The van der Waals surface area contributed by atoms with Crippen molar-refractivity contribution in [3.63, 3.8) is 0 Å². The van der Waals surface area contributed by atoms with E-state index >= 15 is 0 Å². The smallest absolute Gasteiger partial charge is 0.261 e. The van der Waals surface area contributed by atoms with Crippen LogP contribution in [0.3, 0.4) is 0 Å². The summed E-state index contributed by atoms with van der Waals surface area (Å²) in [5.74, 6) is -2.44. The number of amides is 3. The standard InChI is InChI=1S/C17H20FN3O4/c1-2-7-20-16(23)13-14(10-4-3-5-11(18)9-10)21(8-6-12(19)22)25-15(13)17(20)24/h3-5,9,13-15H,2,6-8H2,1H3,(H2,19,22). The molecule has 7 nitrogen and oxygen atoms in total. The van der Waals surface area contributed by atoms with Crippen molar-refractivity contribution in [3.8, 4) is 0 Å². The number of nitrogens with zero attached hydrogens (tertiary/aromatic N) is 2. The molecular formula is C17H20FN3O4. The van der Waals surface area contributed by atoms with Crippen molar-refractivity contribution in [1.29, 1.82) is 0 Å². The summed E-state index contributed by atoms with van der Waals surface area (Å²) < 4.78 is 13.7. The van der Waals surface area contributed by atoms with Crippen LogP contribution in [0.15, 0.2) is 24.3 Å². The van der Waals surface area contributed by atoms with Crippen molar-refractivity contribution in [1.82, 2.24) is 9.96 Å². The minimum Gasteiger partial charge on any atom is -0.370 e. The van der Waals surface area contributed by atoms with Crippen LogP contribution in [0.4, 0.5) is 4.39 Å². The number of carbonyl (C=O) groups is 3. The number of rotatable bonds is 6. The molecule has 0 bridgehead atoms. The zero-order chi connectivity index (χ0) is 18.1. The number of benzene rings is 1. The fourth-order valence-corrected chi connectivity index (χ4v) is 3.45. The van der Waals surface area contributed by atoms with Crippen molar-refractivity contribution in [2.45, 2.75) is 31.9 Å². The van der Waals surface area contributed by atoms with Crippen LogP contribution in [0, 0.1) is 11.7 Å². The Bertz CT molecular complexity index is 711. The largest absolute Gasteiger partial charge is 0.370 e. The minimum atomic E-state index is -0.944. The van der Waals surface area contributed by atoms with E-state index in [2.05, 4.69) is 0 Å². The van der Waals surface area contributed by atoms with Crippen LogP contribution in [-0.2, 0) is 19.2 Å². The van der Waals surface area contributed by atoms with E-state index in [0.29, 0.717) is 18.5 Å². The Morgan fingerprint density at radius 3 is 2.68 bits per heavy atom. The molecule has 3 atom stereocenters. The second-order valence-electron chi connectivity index (χ2n) is 6.24. The third-order valence-corrected chi connectivity index (χ3v) is 4.50. The Balaban J connectivity index is 1.94. The molecule has 0 saturated carbocycles. The molecule has 3 rings (SSSR count). The molecule has 2 saturated heterocycles. The molecule has 0 radical (unpaired) electrons. The van der Waals surface area contributed by atoms with Crippen LogP contribution < -0.4 is 5.73 Å². The Morgan fingerprint density at radius 1 is 1.28 bits per heavy atom. The van der Waals surface area contributed by atoms with E-state index < -0.39 is 29.8 Å². The molecule has 0 aliphatic carbocycles. The number of likely N-dealkylation sites (tertiary alicyclic amines) is 1. The van der Waals surface area contributed by atoms with E-state index in [9.17, 15) is 18.8 Å². The summed E-state index contributed by atoms with van der Waals surface area (Å²) in [6, 6.07) is 5.19. The Morgan fingerprint density at radius 2 is 2.04 bits per heavy atom. The molecule has 0 spiro atoms. The predicted octanol–water partition coefficient (Wildman–Crippen LogP) is 0.753. The van der Waals surface area contributed by atoms with E-state index in [1.165, 1.54) is 28.2 Å². The van der Waals surface area contributed by atoms with Crippen molar-refractivity contribution in [3.05, 3.63) is 35.6 Å². The first kappa shape index (κ1) is 17.5. The second kappa shape index (κ2) is 6.89. The Kier molecular flexibility index (Phi) is 4.82. The van der Waals surface area contributed by atoms with Crippen LogP contribution in [0.5, 0.6) is 0 Å². The number of halogens is 1. The molecule has 2 fully saturated rings. The molecule has 134 valence electrons. The summed E-state index contributed by atoms with van der Waals surface area (Å²) in [6.07, 6.45) is -0.292. The molecule has 8 heteroatoms. The van der Waals surface area contributed by atoms with Crippen LogP contribution >= 0.6 is 0 Å². The molecule has 3 amide bonds. The average molecular weight is 349 g/mol. The van der Waals surface area contributed by atoms with Gasteiger partial charge in [-0.3, -0.25) is 24.1 Å². The minimum absolute atomic E-state index is 0.00626. The normalized spacial score (nSPS) is 26.3. The Hall–Kier alpha value is -2.32. The molecule has 25 heavy (non-hydrogen) atoms. The van der Waals surface area contributed by atoms with Crippen LogP contribution in [-0.4, -0.2) is 46.9 Å². The monoisotopic (exact) mass is 349 g/mol. The molecule has 0 aromatic heterocycles. The van der Waals surface area contributed by atoms with Gasteiger partial charge >= 0.3 is 0 Å². The third kappa shape index (κ3) is 3.14. The number of hydrogen-bond donors (Lipinski definition) is 1. The molecule has 2 N–H and O–H groups in total. The highest BCUT2D eigenvalue weighted by atomic mass is 19.1. The lowest BCUT2D eigenvalue weighted by Crippen LogP contribution is -2.38. The molecule has 3 unspecified atom stereocenters. The van der Waals surface area contributed by atoms with Gasteiger partial charge in [0, 0.05) is 19.5 Å². The van der Waals surface area contributed by atoms with Crippen molar-refractivity contribution in [2.24, 2.45) is 11.7 Å². The van der Waals surface area contributed by atoms with Gasteiger partial charge in [0.25, 0.3) is 5.91 Å². The van der Waals surface area contributed by atoms with Crippen LogP contribution in [0.2, 0.25) is 0 Å². The van der Waals surface area contributed by atoms with Crippen molar-refractivity contribution >= 4 is 17.7 Å². The van der Waals surface area contributed by atoms with E-state index in [-0.39, 0.29) is 24.8 Å². The lowest BCUT2D eigenvalue weighted by atomic mass is 9.90. The molecule has 2 heterocycles. The average Bonchev–Trinajstić information content (AvgIpc) is 3.05. The van der Waals surface area contributed by atoms with Gasteiger partial charge in [0.1, 0.15) is 5.82 Å². The van der Waals surface area contributed by atoms with E-state index in [0.717, 1.165) is 0 Å². The summed E-state index contributed by atoms with van der Waals surface area (Å²) in [5.41, 5.74) is 5.71. The van der Waals surface area contributed by atoms with Crippen molar-refractivity contribution in [2.75, 3.05) is 13.1 Å². The number of carbonyl (C=O) groups excluding carboxylic acids is 3. The van der Waals surface area contributed by atoms with E-state index in [1.807, 2.05) is 6.92 Å². The van der Waals surface area contributed by atoms with Gasteiger partial charge < -0.3 is 5.73 Å². The maximum absolute atomic E-state index is 13.7. The highest BCUT2D eigenvalue weighted by Gasteiger charge is 2.59. The SMILES string of the molecule is CCCN1C(=O)C2ON(CCC(N)=O)C(c3cccc(F)c3)C2C1=O. The van der Waals surface area contributed by atoms with Gasteiger partial charge in [0.05, 0.1) is 12.0 Å². The van der Waals surface area contributed by atoms with Gasteiger partial charge in [0.2, 0.25) is 11.8 Å². The molecule has 2 aliphatic rings. The van der Waals surface area contributed by atoms with E-state index in [4.69, 9.17) is 10.6 Å². The molecular weight excluding hydrogens is 329 g/mol. The fraction of sp³-hybridized carbons (Fsp3) is 0.471.